The Hall–Kier alpha value is -3.78. The first-order chi connectivity index (χ1) is 17.2. The average Bonchev–Trinajstić information content (AvgIpc) is 3.03. The van der Waals surface area contributed by atoms with Gasteiger partial charge in [0.05, 0.1) is 0 Å². The van der Waals surface area contributed by atoms with Crippen molar-refractivity contribution >= 4 is 17.5 Å². The molecular formula is C34H39NO. The van der Waals surface area contributed by atoms with Crippen molar-refractivity contribution in [3.8, 4) is 0 Å². The molecule has 2 aromatic carbocycles. The van der Waals surface area contributed by atoms with Gasteiger partial charge in [-0.15, -0.1) is 0 Å². The Bertz CT molecular complexity index is 1270. The molecule has 0 bridgehead atoms. The van der Waals surface area contributed by atoms with E-state index < -0.39 is 0 Å². The number of hydrogen-bond donors (Lipinski definition) is 1. The van der Waals surface area contributed by atoms with Gasteiger partial charge in [0, 0.05) is 25.3 Å². The smallest absolute Gasteiger partial charge is 0.123 e. The van der Waals surface area contributed by atoms with Crippen LogP contribution < -0.4 is 4.90 Å². The molecular weight excluding hydrogens is 438 g/mol. The van der Waals surface area contributed by atoms with Crippen LogP contribution in [0, 0.1) is 13.8 Å². The molecule has 0 unspecified atom stereocenters. The SMILES string of the molecule is CC1=C(C)CC=C(C(/C=C(\O)c2ccc(C)c(C)c2)=C/C/C=C/C=C/c2ccc(N(C)C)cc2)C=C1. The van der Waals surface area contributed by atoms with Gasteiger partial charge < -0.3 is 10.0 Å². The highest BCUT2D eigenvalue weighted by molar-refractivity contribution is 5.66. The molecule has 186 valence electrons. The van der Waals surface area contributed by atoms with Crippen LogP contribution in [0.15, 0.2) is 113 Å². The number of benzene rings is 2. The van der Waals surface area contributed by atoms with Gasteiger partial charge >= 0.3 is 0 Å². The highest BCUT2D eigenvalue weighted by Gasteiger charge is 2.08. The largest absolute Gasteiger partial charge is 0.507 e. The summed E-state index contributed by atoms with van der Waals surface area (Å²) < 4.78 is 0. The molecule has 0 aliphatic heterocycles. The number of aryl methyl sites for hydroxylation is 2. The summed E-state index contributed by atoms with van der Waals surface area (Å²) >= 11 is 0. The molecule has 0 radical (unpaired) electrons. The highest BCUT2D eigenvalue weighted by Crippen LogP contribution is 2.26. The Balaban J connectivity index is 1.79. The summed E-state index contributed by atoms with van der Waals surface area (Å²) in [6, 6.07) is 14.6. The van der Waals surface area contributed by atoms with Crippen molar-refractivity contribution in [2.45, 2.75) is 40.5 Å². The molecule has 2 aromatic rings. The van der Waals surface area contributed by atoms with Gasteiger partial charge in [0.2, 0.25) is 0 Å². The third kappa shape index (κ3) is 7.61. The fourth-order valence-corrected chi connectivity index (χ4v) is 3.86. The molecule has 0 spiro atoms. The van der Waals surface area contributed by atoms with Crippen LogP contribution in [-0.2, 0) is 0 Å². The van der Waals surface area contributed by atoms with Crippen LogP contribution in [0.2, 0.25) is 0 Å². The lowest BCUT2D eigenvalue weighted by atomic mass is 9.99. The minimum Gasteiger partial charge on any atom is -0.507 e. The molecule has 36 heavy (non-hydrogen) atoms. The molecule has 0 heterocycles. The maximum atomic E-state index is 11.0. The molecule has 0 amide bonds. The van der Waals surface area contributed by atoms with E-state index in [1.54, 1.807) is 0 Å². The van der Waals surface area contributed by atoms with Gasteiger partial charge in [-0.3, -0.25) is 0 Å². The lowest BCUT2D eigenvalue weighted by molar-refractivity contribution is 0.511. The molecule has 0 fully saturated rings. The predicted octanol–water partition coefficient (Wildman–Crippen LogP) is 9.08. The summed E-state index contributed by atoms with van der Waals surface area (Å²) in [5.41, 5.74) is 10.4. The summed E-state index contributed by atoms with van der Waals surface area (Å²) in [4.78, 5) is 2.10. The molecule has 0 atom stereocenters. The number of aliphatic hydroxyl groups is 1. The zero-order valence-corrected chi connectivity index (χ0v) is 22.5. The number of hydrogen-bond acceptors (Lipinski definition) is 2. The van der Waals surface area contributed by atoms with Gasteiger partial charge in [0.25, 0.3) is 0 Å². The van der Waals surface area contributed by atoms with Gasteiger partial charge in [-0.1, -0.05) is 84.0 Å². The zero-order chi connectivity index (χ0) is 26.1. The van der Waals surface area contributed by atoms with Crippen molar-refractivity contribution in [1.82, 2.24) is 0 Å². The quantitative estimate of drug-likeness (QED) is 0.303. The fourth-order valence-electron chi connectivity index (χ4n) is 3.86. The number of aliphatic hydroxyl groups excluding tert-OH is 1. The van der Waals surface area contributed by atoms with Crippen molar-refractivity contribution in [1.29, 1.82) is 0 Å². The summed E-state index contributed by atoms with van der Waals surface area (Å²) in [5.74, 6) is 0.286. The maximum Gasteiger partial charge on any atom is 0.123 e. The van der Waals surface area contributed by atoms with Crippen LogP contribution in [0.5, 0.6) is 0 Å². The number of allylic oxidation sites excluding steroid dienone is 12. The van der Waals surface area contributed by atoms with E-state index in [9.17, 15) is 5.11 Å². The molecule has 3 rings (SSSR count). The van der Waals surface area contributed by atoms with Crippen molar-refractivity contribution in [3.05, 3.63) is 136 Å². The van der Waals surface area contributed by atoms with Gasteiger partial charge in [0.1, 0.15) is 5.76 Å². The molecule has 1 N–H and O–H groups in total. The normalized spacial score (nSPS) is 15.1. The third-order valence-corrected chi connectivity index (χ3v) is 6.66. The summed E-state index contributed by atoms with van der Waals surface area (Å²) in [7, 11) is 4.09. The average molecular weight is 478 g/mol. The predicted molar refractivity (Wildman–Crippen MR) is 158 cm³/mol. The Morgan fingerprint density at radius 2 is 1.67 bits per heavy atom. The Kier molecular flexibility index (Phi) is 9.53. The maximum absolute atomic E-state index is 11.0. The molecule has 1 aliphatic carbocycles. The van der Waals surface area contributed by atoms with E-state index in [2.05, 4.69) is 112 Å². The van der Waals surface area contributed by atoms with E-state index in [4.69, 9.17) is 0 Å². The molecule has 0 saturated carbocycles. The van der Waals surface area contributed by atoms with E-state index in [1.807, 2.05) is 32.3 Å². The molecule has 2 nitrogen and oxygen atoms in total. The minimum absolute atomic E-state index is 0.286. The van der Waals surface area contributed by atoms with Crippen LogP contribution in [0.4, 0.5) is 5.69 Å². The van der Waals surface area contributed by atoms with Gasteiger partial charge in [0.15, 0.2) is 0 Å². The van der Waals surface area contributed by atoms with Crippen molar-refractivity contribution < 1.29 is 5.11 Å². The Labute approximate surface area is 217 Å². The van der Waals surface area contributed by atoms with Crippen LogP contribution in [0.3, 0.4) is 0 Å². The summed E-state index contributed by atoms with van der Waals surface area (Å²) in [6.07, 6.45) is 20.7. The second-order valence-corrected chi connectivity index (χ2v) is 9.66. The van der Waals surface area contributed by atoms with E-state index in [0.717, 1.165) is 29.6 Å². The molecule has 0 saturated heterocycles. The number of nitrogens with zero attached hydrogens (tertiary/aromatic N) is 1. The van der Waals surface area contributed by atoms with Crippen molar-refractivity contribution in [2.24, 2.45) is 0 Å². The summed E-state index contributed by atoms with van der Waals surface area (Å²) in [6.45, 7) is 8.49. The standard InChI is InChI=1S/C34H39NO/c1-25-13-18-30(19-14-26(25)2)31(24-34(36)32-20-15-27(3)28(4)23-32)12-10-8-7-9-11-29-16-21-33(22-17-29)35(5)6/h7-9,11-13,15-24,36H,10,14H2,1-6H3/b8-7+,11-9+,31-12+,34-24-. The third-order valence-electron chi connectivity index (χ3n) is 6.66. The van der Waals surface area contributed by atoms with Gasteiger partial charge in [-0.05, 0) is 92.6 Å². The lowest BCUT2D eigenvalue weighted by Crippen LogP contribution is -2.07. The Morgan fingerprint density at radius 3 is 2.36 bits per heavy atom. The second-order valence-electron chi connectivity index (χ2n) is 9.66. The molecule has 1 aliphatic rings. The molecule has 0 aromatic heterocycles. The van der Waals surface area contributed by atoms with Crippen LogP contribution in [-0.4, -0.2) is 19.2 Å². The highest BCUT2D eigenvalue weighted by atomic mass is 16.3. The van der Waals surface area contributed by atoms with E-state index in [1.165, 1.54) is 33.5 Å². The van der Waals surface area contributed by atoms with E-state index in [0.29, 0.717) is 0 Å². The first-order valence-corrected chi connectivity index (χ1v) is 12.6. The monoisotopic (exact) mass is 477 g/mol. The fraction of sp³-hybridized carbons (Fsp3) is 0.235. The lowest BCUT2D eigenvalue weighted by Gasteiger charge is -2.11. The first kappa shape index (κ1) is 26.8. The van der Waals surface area contributed by atoms with Crippen LogP contribution >= 0.6 is 0 Å². The zero-order valence-electron chi connectivity index (χ0n) is 22.5. The molecule has 2 heteroatoms. The number of anilines is 1. The van der Waals surface area contributed by atoms with Crippen LogP contribution in [0.1, 0.15) is 48.9 Å². The first-order valence-electron chi connectivity index (χ1n) is 12.6. The van der Waals surface area contributed by atoms with Gasteiger partial charge in [-0.25, -0.2) is 0 Å². The van der Waals surface area contributed by atoms with Crippen LogP contribution in [0.25, 0.3) is 11.8 Å². The Morgan fingerprint density at radius 1 is 0.917 bits per heavy atom. The van der Waals surface area contributed by atoms with E-state index in [-0.39, 0.29) is 5.76 Å². The second kappa shape index (κ2) is 12.8. The van der Waals surface area contributed by atoms with E-state index >= 15 is 0 Å². The minimum atomic E-state index is 0.286. The van der Waals surface area contributed by atoms with Crippen molar-refractivity contribution in [2.75, 3.05) is 19.0 Å². The topological polar surface area (TPSA) is 23.5 Å². The number of rotatable bonds is 8. The summed E-state index contributed by atoms with van der Waals surface area (Å²) in [5, 5.41) is 11.0. The van der Waals surface area contributed by atoms with Crippen molar-refractivity contribution in [3.63, 3.8) is 0 Å². The van der Waals surface area contributed by atoms with Gasteiger partial charge in [-0.2, -0.15) is 0 Å².